The lowest BCUT2D eigenvalue weighted by atomic mass is 10.0. The zero-order valence-electron chi connectivity index (χ0n) is 9.02. The second-order valence-electron chi connectivity index (χ2n) is 3.92. The SMILES string of the molecule is OCc1nc2ccccc2c2cc(Cl)ccc12. The van der Waals surface area contributed by atoms with Gasteiger partial charge in [-0.25, -0.2) is 4.98 Å². The highest BCUT2D eigenvalue weighted by Crippen LogP contribution is 2.28. The van der Waals surface area contributed by atoms with Gasteiger partial charge in [0.05, 0.1) is 17.8 Å². The topological polar surface area (TPSA) is 33.1 Å². The number of fused-ring (bicyclic) bond motifs is 3. The van der Waals surface area contributed by atoms with Crippen LogP contribution in [-0.2, 0) is 6.61 Å². The number of hydrogen-bond acceptors (Lipinski definition) is 2. The molecule has 0 saturated heterocycles. The fourth-order valence-corrected chi connectivity index (χ4v) is 2.29. The standard InChI is InChI=1S/C14H10ClNO/c15-9-5-6-11-12(7-9)10-3-1-2-4-13(10)16-14(11)8-17/h1-7,17H,8H2. The van der Waals surface area contributed by atoms with E-state index < -0.39 is 0 Å². The molecular weight excluding hydrogens is 234 g/mol. The van der Waals surface area contributed by atoms with Crippen molar-refractivity contribution in [2.75, 3.05) is 0 Å². The fourth-order valence-electron chi connectivity index (χ4n) is 2.12. The molecule has 0 fully saturated rings. The maximum absolute atomic E-state index is 9.37. The Balaban J connectivity index is 2.56. The number of nitrogens with zero attached hydrogens (tertiary/aromatic N) is 1. The number of rotatable bonds is 1. The quantitative estimate of drug-likeness (QED) is 0.664. The highest BCUT2D eigenvalue weighted by molar-refractivity contribution is 6.31. The highest BCUT2D eigenvalue weighted by atomic mass is 35.5. The largest absolute Gasteiger partial charge is 0.390 e. The van der Waals surface area contributed by atoms with Gasteiger partial charge < -0.3 is 5.11 Å². The van der Waals surface area contributed by atoms with Crippen molar-refractivity contribution in [3.63, 3.8) is 0 Å². The molecular formula is C14H10ClNO. The van der Waals surface area contributed by atoms with Crippen LogP contribution in [0.4, 0.5) is 0 Å². The second-order valence-corrected chi connectivity index (χ2v) is 4.36. The first-order valence-electron chi connectivity index (χ1n) is 5.37. The van der Waals surface area contributed by atoms with Gasteiger partial charge in [0.15, 0.2) is 0 Å². The van der Waals surface area contributed by atoms with Gasteiger partial charge in [0, 0.05) is 15.8 Å². The molecule has 1 aromatic heterocycles. The average molecular weight is 244 g/mol. The third-order valence-corrected chi connectivity index (χ3v) is 3.13. The Hall–Kier alpha value is -1.64. The van der Waals surface area contributed by atoms with Gasteiger partial charge in [-0.2, -0.15) is 0 Å². The predicted octanol–water partition coefficient (Wildman–Crippen LogP) is 3.53. The Labute approximate surface area is 103 Å². The summed E-state index contributed by atoms with van der Waals surface area (Å²) in [4.78, 5) is 4.46. The van der Waals surface area contributed by atoms with Crippen LogP contribution >= 0.6 is 11.6 Å². The summed E-state index contributed by atoms with van der Waals surface area (Å²) in [7, 11) is 0. The van der Waals surface area contributed by atoms with Gasteiger partial charge in [0.25, 0.3) is 0 Å². The molecule has 2 aromatic carbocycles. The molecule has 17 heavy (non-hydrogen) atoms. The summed E-state index contributed by atoms with van der Waals surface area (Å²) < 4.78 is 0. The smallest absolute Gasteiger partial charge is 0.0859 e. The van der Waals surface area contributed by atoms with Gasteiger partial charge in [0.1, 0.15) is 0 Å². The van der Waals surface area contributed by atoms with E-state index in [1.54, 1.807) is 0 Å². The number of aromatic nitrogens is 1. The predicted molar refractivity (Wildman–Crippen MR) is 70.2 cm³/mol. The van der Waals surface area contributed by atoms with Gasteiger partial charge in [-0.3, -0.25) is 0 Å². The van der Waals surface area contributed by atoms with Crippen molar-refractivity contribution < 1.29 is 5.11 Å². The zero-order chi connectivity index (χ0) is 11.8. The summed E-state index contributed by atoms with van der Waals surface area (Å²) in [6.07, 6.45) is 0. The van der Waals surface area contributed by atoms with Crippen molar-refractivity contribution >= 4 is 33.3 Å². The van der Waals surface area contributed by atoms with Crippen LogP contribution < -0.4 is 0 Å². The minimum Gasteiger partial charge on any atom is -0.390 e. The Kier molecular flexibility index (Phi) is 2.46. The van der Waals surface area contributed by atoms with Crippen molar-refractivity contribution in [2.45, 2.75) is 6.61 Å². The summed E-state index contributed by atoms with van der Waals surface area (Å²) in [5, 5.41) is 13.1. The Morgan fingerprint density at radius 3 is 2.65 bits per heavy atom. The number of halogens is 1. The molecule has 84 valence electrons. The van der Waals surface area contributed by atoms with E-state index >= 15 is 0 Å². The molecule has 0 bridgehead atoms. The van der Waals surface area contributed by atoms with Crippen molar-refractivity contribution in [1.82, 2.24) is 4.98 Å². The second kappa shape index (κ2) is 3.99. The van der Waals surface area contributed by atoms with E-state index in [4.69, 9.17) is 11.6 Å². The molecule has 3 aromatic rings. The molecule has 0 aliphatic rings. The van der Waals surface area contributed by atoms with E-state index in [0.29, 0.717) is 10.7 Å². The molecule has 0 radical (unpaired) electrons. The third-order valence-electron chi connectivity index (χ3n) is 2.89. The summed E-state index contributed by atoms with van der Waals surface area (Å²) >= 11 is 6.03. The average Bonchev–Trinajstić information content (AvgIpc) is 2.37. The van der Waals surface area contributed by atoms with Crippen LogP contribution in [0.25, 0.3) is 21.7 Å². The number of para-hydroxylation sites is 1. The lowest BCUT2D eigenvalue weighted by molar-refractivity contribution is 0.279. The van der Waals surface area contributed by atoms with E-state index in [9.17, 15) is 5.11 Å². The molecule has 3 rings (SSSR count). The Morgan fingerprint density at radius 1 is 1.00 bits per heavy atom. The molecule has 1 heterocycles. The van der Waals surface area contributed by atoms with Crippen LogP contribution in [0.1, 0.15) is 5.69 Å². The zero-order valence-corrected chi connectivity index (χ0v) is 9.78. The normalized spacial score (nSPS) is 11.2. The molecule has 0 spiro atoms. The summed E-state index contributed by atoms with van der Waals surface area (Å²) in [5.74, 6) is 0. The Morgan fingerprint density at radius 2 is 1.82 bits per heavy atom. The lowest BCUT2D eigenvalue weighted by Gasteiger charge is -2.08. The summed E-state index contributed by atoms with van der Waals surface area (Å²) in [5.41, 5.74) is 1.57. The summed E-state index contributed by atoms with van der Waals surface area (Å²) in [6, 6.07) is 13.5. The minimum atomic E-state index is -0.0665. The van der Waals surface area contributed by atoms with Gasteiger partial charge >= 0.3 is 0 Å². The third kappa shape index (κ3) is 1.66. The van der Waals surface area contributed by atoms with E-state index in [1.165, 1.54) is 0 Å². The Bertz CT molecular complexity index is 709. The van der Waals surface area contributed by atoms with Crippen LogP contribution in [0.3, 0.4) is 0 Å². The molecule has 2 nitrogen and oxygen atoms in total. The molecule has 0 atom stereocenters. The minimum absolute atomic E-state index is 0.0665. The molecule has 0 unspecified atom stereocenters. The lowest BCUT2D eigenvalue weighted by Crippen LogP contribution is -1.93. The van der Waals surface area contributed by atoms with E-state index in [0.717, 1.165) is 21.7 Å². The van der Waals surface area contributed by atoms with Gasteiger partial charge in [-0.15, -0.1) is 0 Å². The van der Waals surface area contributed by atoms with Crippen molar-refractivity contribution in [3.8, 4) is 0 Å². The number of hydrogen-bond donors (Lipinski definition) is 1. The van der Waals surface area contributed by atoms with Gasteiger partial charge in [-0.05, 0) is 23.6 Å². The maximum Gasteiger partial charge on any atom is 0.0859 e. The molecule has 0 aliphatic heterocycles. The highest BCUT2D eigenvalue weighted by Gasteiger charge is 2.07. The van der Waals surface area contributed by atoms with Crippen molar-refractivity contribution in [1.29, 1.82) is 0 Å². The van der Waals surface area contributed by atoms with Gasteiger partial charge in [-0.1, -0.05) is 35.9 Å². The fraction of sp³-hybridized carbons (Fsp3) is 0.0714. The van der Waals surface area contributed by atoms with Crippen LogP contribution in [0.5, 0.6) is 0 Å². The first kappa shape index (κ1) is 10.5. The number of aliphatic hydroxyl groups excluding tert-OH is 1. The molecule has 1 N–H and O–H groups in total. The van der Waals surface area contributed by atoms with Crippen molar-refractivity contribution in [2.24, 2.45) is 0 Å². The first-order valence-corrected chi connectivity index (χ1v) is 5.75. The van der Waals surface area contributed by atoms with E-state index in [1.807, 2.05) is 42.5 Å². The monoisotopic (exact) mass is 243 g/mol. The molecule has 0 saturated carbocycles. The number of pyridine rings is 1. The van der Waals surface area contributed by atoms with Crippen LogP contribution in [-0.4, -0.2) is 10.1 Å². The van der Waals surface area contributed by atoms with Crippen LogP contribution in [0, 0.1) is 0 Å². The number of aliphatic hydroxyl groups is 1. The number of benzene rings is 2. The molecule has 0 amide bonds. The van der Waals surface area contributed by atoms with Crippen LogP contribution in [0.2, 0.25) is 5.02 Å². The van der Waals surface area contributed by atoms with Crippen molar-refractivity contribution in [3.05, 3.63) is 53.2 Å². The molecule has 3 heteroatoms. The first-order chi connectivity index (χ1) is 8.29. The van der Waals surface area contributed by atoms with E-state index in [2.05, 4.69) is 4.98 Å². The maximum atomic E-state index is 9.37. The summed E-state index contributed by atoms with van der Waals surface area (Å²) in [6.45, 7) is -0.0665. The molecule has 0 aliphatic carbocycles. The van der Waals surface area contributed by atoms with Gasteiger partial charge in [0.2, 0.25) is 0 Å². The van der Waals surface area contributed by atoms with E-state index in [-0.39, 0.29) is 6.61 Å². The van der Waals surface area contributed by atoms with Crippen LogP contribution in [0.15, 0.2) is 42.5 Å².